The highest BCUT2D eigenvalue weighted by molar-refractivity contribution is 5.52. The van der Waals surface area contributed by atoms with Gasteiger partial charge in [0.1, 0.15) is 0 Å². The van der Waals surface area contributed by atoms with Gasteiger partial charge in [-0.15, -0.1) is 0 Å². The molecule has 0 aliphatic carbocycles. The molecule has 25 heavy (non-hydrogen) atoms. The lowest BCUT2D eigenvalue weighted by molar-refractivity contribution is 0.0124. The number of hydrogen-bond donors (Lipinski definition) is 0. The van der Waals surface area contributed by atoms with Crippen LogP contribution in [0.1, 0.15) is 24.3 Å². The maximum atomic E-state index is 15.5. The van der Waals surface area contributed by atoms with Gasteiger partial charge in [-0.25, -0.2) is 4.39 Å². The van der Waals surface area contributed by atoms with Crippen LogP contribution in [0.3, 0.4) is 0 Å². The molecule has 7 nitrogen and oxygen atoms in total. The van der Waals surface area contributed by atoms with Crippen molar-refractivity contribution in [1.82, 2.24) is 29.8 Å². The minimum atomic E-state index is -1.63. The van der Waals surface area contributed by atoms with E-state index < -0.39 is 5.67 Å². The summed E-state index contributed by atoms with van der Waals surface area (Å²) in [4.78, 5) is 10.3. The van der Waals surface area contributed by atoms with Gasteiger partial charge in [0.25, 0.3) is 5.89 Å². The summed E-state index contributed by atoms with van der Waals surface area (Å²) in [6.45, 7) is 1.73. The first kappa shape index (κ1) is 15.9. The van der Waals surface area contributed by atoms with Crippen LogP contribution in [-0.4, -0.2) is 42.9 Å². The van der Waals surface area contributed by atoms with Gasteiger partial charge in [0.2, 0.25) is 11.5 Å². The third kappa shape index (κ3) is 3.30. The molecule has 0 N–H and O–H groups in total. The fourth-order valence-electron chi connectivity index (χ4n) is 3.24. The van der Waals surface area contributed by atoms with Gasteiger partial charge in [-0.1, -0.05) is 5.16 Å². The Morgan fingerprint density at radius 3 is 2.92 bits per heavy atom. The van der Waals surface area contributed by atoms with Crippen molar-refractivity contribution < 1.29 is 8.91 Å². The molecule has 0 bridgehead atoms. The van der Waals surface area contributed by atoms with Crippen LogP contribution < -0.4 is 0 Å². The third-order valence-electron chi connectivity index (χ3n) is 4.43. The number of pyridine rings is 1. The summed E-state index contributed by atoms with van der Waals surface area (Å²) in [7, 11) is 1.87. The van der Waals surface area contributed by atoms with E-state index in [0.717, 1.165) is 24.1 Å². The monoisotopic (exact) mass is 342 g/mol. The Morgan fingerprint density at radius 2 is 2.16 bits per heavy atom. The summed E-state index contributed by atoms with van der Waals surface area (Å²) in [6.07, 6.45) is 8.17. The van der Waals surface area contributed by atoms with Crippen molar-refractivity contribution in [2.45, 2.75) is 25.1 Å². The van der Waals surface area contributed by atoms with Crippen molar-refractivity contribution in [2.75, 3.05) is 13.1 Å². The third-order valence-corrected chi connectivity index (χ3v) is 4.43. The van der Waals surface area contributed by atoms with Gasteiger partial charge in [-0.2, -0.15) is 10.1 Å². The lowest BCUT2D eigenvalue weighted by Gasteiger charge is -2.34. The second-order valence-corrected chi connectivity index (χ2v) is 6.46. The Morgan fingerprint density at radius 1 is 1.32 bits per heavy atom. The fourth-order valence-corrected chi connectivity index (χ4v) is 3.24. The molecule has 1 fully saturated rings. The van der Waals surface area contributed by atoms with Gasteiger partial charge < -0.3 is 4.52 Å². The van der Waals surface area contributed by atoms with Crippen LogP contribution in [0.4, 0.5) is 4.39 Å². The zero-order chi connectivity index (χ0) is 17.3. The number of likely N-dealkylation sites (tertiary alicyclic amines) is 1. The van der Waals surface area contributed by atoms with Crippen LogP contribution >= 0.6 is 0 Å². The van der Waals surface area contributed by atoms with Gasteiger partial charge in [0.05, 0.1) is 6.20 Å². The molecule has 1 aliphatic heterocycles. The molecule has 3 aromatic rings. The second kappa shape index (κ2) is 6.36. The predicted molar refractivity (Wildman–Crippen MR) is 88.0 cm³/mol. The average Bonchev–Trinajstić information content (AvgIpc) is 3.26. The Bertz CT molecular complexity index is 848. The van der Waals surface area contributed by atoms with E-state index in [-0.39, 0.29) is 12.4 Å². The van der Waals surface area contributed by atoms with Crippen LogP contribution in [0.2, 0.25) is 0 Å². The number of alkyl halides is 1. The molecule has 1 unspecified atom stereocenters. The molecular weight excluding hydrogens is 323 g/mol. The highest BCUT2D eigenvalue weighted by Gasteiger charge is 2.42. The summed E-state index contributed by atoms with van der Waals surface area (Å²) in [5.41, 5.74) is 0.199. The lowest BCUT2D eigenvalue weighted by atomic mass is 9.94. The fraction of sp³-hybridized carbons (Fsp3) is 0.412. The second-order valence-electron chi connectivity index (χ2n) is 6.46. The van der Waals surface area contributed by atoms with Crippen LogP contribution in [0.5, 0.6) is 0 Å². The SMILES string of the molecule is Cn1cc(CN2CCCC(F)(c3nc(-c4ccncc4)no3)C2)cn1. The molecule has 0 saturated carbocycles. The molecule has 1 aliphatic rings. The maximum Gasteiger partial charge on any atom is 0.265 e. The standard InChI is InChI=1S/C17H19FN6O/c1-23-10-13(9-20-23)11-24-8-2-5-17(18,12-24)16-21-15(22-25-16)14-3-6-19-7-4-14/h3-4,6-7,9-10H,2,5,8,11-12H2,1H3. The minimum Gasteiger partial charge on any atom is -0.335 e. The maximum absolute atomic E-state index is 15.5. The van der Waals surface area contributed by atoms with Gasteiger partial charge in [0.15, 0.2) is 0 Å². The molecule has 8 heteroatoms. The molecule has 1 saturated heterocycles. The molecule has 130 valence electrons. The van der Waals surface area contributed by atoms with Crippen molar-refractivity contribution in [3.63, 3.8) is 0 Å². The molecule has 0 radical (unpaired) electrons. The van der Waals surface area contributed by atoms with Gasteiger partial charge in [0, 0.05) is 49.9 Å². The highest BCUT2D eigenvalue weighted by Crippen LogP contribution is 2.36. The van der Waals surface area contributed by atoms with Crippen LogP contribution in [0.25, 0.3) is 11.4 Å². The number of aryl methyl sites for hydroxylation is 1. The molecule has 4 rings (SSSR count). The van der Waals surface area contributed by atoms with Crippen molar-refractivity contribution in [3.05, 3.63) is 48.4 Å². The van der Waals surface area contributed by atoms with E-state index in [1.54, 1.807) is 29.2 Å². The van der Waals surface area contributed by atoms with Gasteiger partial charge in [-0.3, -0.25) is 14.6 Å². The summed E-state index contributed by atoms with van der Waals surface area (Å²) in [5, 5.41) is 8.10. The summed E-state index contributed by atoms with van der Waals surface area (Å²) in [6, 6.07) is 3.55. The summed E-state index contributed by atoms with van der Waals surface area (Å²) in [5.74, 6) is 0.439. The zero-order valence-electron chi connectivity index (χ0n) is 14.0. The molecule has 1 atom stereocenters. The Hall–Kier alpha value is -2.61. The Labute approximate surface area is 144 Å². The van der Waals surface area contributed by atoms with Crippen molar-refractivity contribution in [3.8, 4) is 11.4 Å². The lowest BCUT2D eigenvalue weighted by Crippen LogP contribution is -2.43. The van der Waals surface area contributed by atoms with E-state index in [4.69, 9.17) is 4.52 Å². The van der Waals surface area contributed by atoms with E-state index in [2.05, 4.69) is 25.1 Å². The highest BCUT2D eigenvalue weighted by atomic mass is 19.1. The smallest absolute Gasteiger partial charge is 0.265 e. The first-order valence-corrected chi connectivity index (χ1v) is 8.26. The topological polar surface area (TPSA) is 72.9 Å². The van der Waals surface area contributed by atoms with Gasteiger partial charge in [-0.05, 0) is 31.5 Å². The summed E-state index contributed by atoms with van der Waals surface area (Å²) < 4.78 is 22.5. The molecule has 0 amide bonds. The molecule has 0 aromatic carbocycles. The number of halogens is 1. The van der Waals surface area contributed by atoms with Crippen molar-refractivity contribution in [1.29, 1.82) is 0 Å². The average molecular weight is 342 g/mol. The van der Waals surface area contributed by atoms with Crippen LogP contribution in [-0.2, 0) is 19.3 Å². The number of hydrogen-bond acceptors (Lipinski definition) is 6. The molecule has 3 aromatic heterocycles. The minimum absolute atomic E-state index is 0.0511. The molecular formula is C17H19FN6O. The number of rotatable bonds is 4. The van der Waals surface area contributed by atoms with E-state index in [0.29, 0.717) is 18.8 Å². The molecule has 4 heterocycles. The van der Waals surface area contributed by atoms with E-state index in [1.165, 1.54) is 0 Å². The molecule has 0 spiro atoms. The Kier molecular flexibility index (Phi) is 4.04. The van der Waals surface area contributed by atoms with Crippen LogP contribution in [0, 0.1) is 0 Å². The number of piperidine rings is 1. The quantitative estimate of drug-likeness (QED) is 0.724. The summed E-state index contributed by atoms with van der Waals surface area (Å²) >= 11 is 0. The van der Waals surface area contributed by atoms with Gasteiger partial charge >= 0.3 is 0 Å². The van der Waals surface area contributed by atoms with Crippen molar-refractivity contribution in [2.24, 2.45) is 7.05 Å². The first-order valence-electron chi connectivity index (χ1n) is 8.26. The predicted octanol–water partition coefficient (Wildman–Crippen LogP) is 2.33. The zero-order valence-corrected chi connectivity index (χ0v) is 14.0. The van der Waals surface area contributed by atoms with E-state index in [1.807, 2.05) is 19.4 Å². The van der Waals surface area contributed by atoms with E-state index in [9.17, 15) is 0 Å². The van der Waals surface area contributed by atoms with E-state index >= 15 is 4.39 Å². The van der Waals surface area contributed by atoms with Crippen LogP contribution in [0.15, 0.2) is 41.4 Å². The Balaban J connectivity index is 1.52. The normalized spacial score (nSPS) is 21.5. The number of aromatic nitrogens is 5. The van der Waals surface area contributed by atoms with Crippen molar-refractivity contribution >= 4 is 0 Å². The first-order chi connectivity index (χ1) is 12.1. The largest absolute Gasteiger partial charge is 0.335 e. The number of nitrogens with zero attached hydrogens (tertiary/aromatic N) is 6.